The molecule has 0 fully saturated rings. The predicted octanol–water partition coefficient (Wildman–Crippen LogP) is 3.94. The van der Waals surface area contributed by atoms with E-state index in [0.717, 1.165) is 30.0 Å². The number of benzene rings is 2. The number of aromatic nitrogens is 1. The van der Waals surface area contributed by atoms with Gasteiger partial charge in [0.15, 0.2) is 12.2 Å². The van der Waals surface area contributed by atoms with Crippen LogP contribution in [0.1, 0.15) is 5.89 Å². The number of nitrogens with zero attached hydrogens (tertiary/aromatic N) is 1. The van der Waals surface area contributed by atoms with Gasteiger partial charge in [0.05, 0.1) is 5.75 Å². The van der Waals surface area contributed by atoms with Crippen LogP contribution in [-0.4, -0.2) is 16.7 Å². The van der Waals surface area contributed by atoms with Crippen LogP contribution in [0.3, 0.4) is 0 Å². The SMILES string of the molecule is O=C(CSc1cc(F)ccc1F)OCc1nc2ccccc2o1. The lowest BCUT2D eigenvalue weighted by Gasteiger charge is -2.04. The lowest BCUT2D eigenvalue weighted by atomic mass is 10.3. The zero-order chi connectivity index (χ0) is 16.2. The first-order valence-corrected chi connectivity index (χ1v) is 7.68. The van der Waals surface area contributed by atoms with Crippen LogP contribution in [0, 0.1) is 11.6 Å². The van der Waals surface area contributed by atoms with E-state index in [1.807, 2.05) is 12.1 Å². The Bertz CT molecular complexity index is 817. The van der Waals surface area contributed by atoms with Crippen LogP contribution in [0.15, 0.2) is 51.8 Å². The fraction of sp³-hybridized carbons (Fsp3) is 0.125. The third-order valence-corrected chi connectivity index (χ3v) is 3.94. The largest absolute Gasteiger partial charge is 0.455 e. The number of carbonyl (C=O) groups excluding carboxylic acids is 1. The minimum atomic E-state index is -0.580. The van der Waals surface area contributed by atoms with Crippen molar-refractivity contribution in [2.24, 2.45) is 0 Å². The Morgan fingerprint density at radius 1 is 1.22 bits per heavy atom. The van der Waals surface area contributed by atoms with Crippen molar-refractivity contribution in [1.29, 1.82) is 0 Å². The summed E-state index contributed by atoms with van der Waals surface area (Å²) in [5.74, 6) is -1.57. The van der Waals surface area contributed by atoms with Crippen LogP contribution < -0.4 is 0 Å². The number of ether oxygens (including phenoxy) is 1. The first-order valence-electron chi connectivity index (χ1n) is 6.70. The van der Waals surface area contributed by atoms with Crippen molar-refractivity contribution in [2.75, 3.05) is 5.75 Å². The van der Waals surface area contributed by atoms with Gasteiger partial charge in [-0.15, -0.1) is 11.8 Å². The molecule has 1 aromatic heterocycles. The van der Waals surface area contributed by atoms with E-state index in [2.05, 4.69) is 4.98 Å². The number of rotatable bonds is 5. The Balaban J connectivity index is 1.54. The standard InChI is InChI=1S/C16H11F2NO3S/c17-10-5-6-11(18)14(7-10)23-9-16(20)21-8-15-19-12-3-1-2-4-13(12)22-15/h1-7H,8-9H2. The molecule has 23 heavy (non-hydrogen) atoms. The van der Waals surface area contributed by atoms with E-state index in [-0.39, 0.29) is 23.1 Å². The maximum absolute atomic E-state index is 13.4. The van der Waals surface area contributed by atoms with Gasteiger partial charge in [-0.05, 0) is 30.3 Å². The van der Waals surface area contributed by atoms with E-state index in [4.69, 9.17) is 9.15 Å². The smallest absolute Gasteiger partial charge is 0.316 e. The summed E-state index contributed by atoms with van der Waals surface area (Å²) in [6.07, 6.45) is 0. The molecule has 0 radical (unpaired) electrons. The fourth-order valence-electron chi connectivity index (χ4n) is 1.89. The molecule has 118 valence electrons. The third-order valence-electron chi connectivity index (χ3n) is 2.93. The molecule has 3 aromatic rings. The molecule has 0 saturated carbocycles. The highest BCUT2D eigenvalue weighted by molar-refractivity contribution is 8.00. The Labute approximate surface area is 134 Å². The van der Waals surface area contributed by atoms with Gasteiger partial charge in [-0.2, -0.15) is 0 Å². The monoisotopic (exact) mass is 335 g/mol. The molecule has 0 aliphatic rings. The normalized spacial score (nSPS) is 10.9. The Hall–Kier alpha value is -2.41. The van der Waals surface area contributed by atoms with Crippen molar-refractivity contribution in [3.63, 3.8) is 0 Å². The molecule has 4 nitrogen and oxygen atoms in total. The Morgan fingerprint density at radius 3 is 2.87 bits per heavy atom. The van der Waals surface area contributed by atoms with Crippen molar-refractivity contribution in [3.05, 3.63) is 60.0 Å². The van der Waals surface area contributed by atoms with Gasteiger partial charge in [-0.25, -0.2) is 13.8 Å². The van der Waals surface area contributed by atoms with E-state index in [1.165, 1.54) is 0 Å². The van der Waals surface area contributed by atoms with E-state index in [0.29, 0.717) is 11.1 Å². The number of esters is 1. The van der Waals surface area contributed by atoms with E-state index in [1.54, 1.807) is 12.1 Å². The molecule has 7 heteroatoms. The average Bonchev–Trinajstić information content (AvgIpc) is 2.96. The Kier molecular flexibility index (Phi) is 4.57. The molecule has 0 N–H and O–H groups in total. The molecule has 1 heterocycles. The van der Waals surface area contributed by atoms with Crippen molar-refractivity contribution < 1.29 is 22.7 Å². The third kappa shape index (κ3) is 3.87. The summed E-state index contributed by atoms with van der Waals surface area (Å²) in [4.78, 5) is 15.9. The maximum Gasteiger partial charge on any atom is 0.316 e. The highest BCUT2D eigenvalue weighted by Crippen LogP contribution is 2.23. The summed E-state index contributed by atoms with van der Waals surface area (Å²) >= 11 is 0.869. The number of carbonyl (C=O) groups is 1. The van der Waals surface area contributed by atoms with Crippen LogP contribution in [0.25, 0.3) is 11.1 Å². The summed E-state index contributed by atoms with van der Waals surface area (Å²) in [5, 5.41) is 0. The first kappa shape index (κ1) is 15.5. The molecule has 0 aliphatic carbocycles. The number of hydrogen-bond acceptors (Lipinski definition) is 5. The highest BCUT2D eigenvalue weighted by Gasteiger charge is 2.11. The number of hydrogen-bond donors (Lipinski definition) is 0. The molecule has 3 rings (SSSR count). The summed E-state index contributed by atoms with van der Waals surface area (Å²) in [6.45, 7) is -0.111. The van der Waals surface area contributed by atoms with Crippen molar-refractivity contribution in [3.8, 4) is 0 Å². The fourth-order valence-corrected chi connectivity index (χ4v) is 2.65. The zero-order valence-corrected chi connectivity index (χ0v) is 12.6. The summed E-state index contributed by atoms with van der Waals surface area (Å²) in [6, 6.07) is 10.3. The van der Waals surface area contributed by atoms with Crippen molar-refractivity contribution in [2.45, 2.75) is 11.5 Å². The lowest BCUT2D eigenvalue weighted by molar-refractivity contribution is -0.142. The minimum Gasteiger partial charge on any atom is -0.455 e. The van der Waals surface area contributed by atoms with Gasteiger partial charge in [-0.3, -0.25) is 4.79 Å². The van der Waals surface area contributed by atoms with Gasteiger partial charge in [-0.1, -0.05) is 12.1 Å². The number of fused-ring (bicyclic) bond motifs is 1. The number of thioether (sulfide) groups is 1. The molecule has 0 saturated heterocycles. The van der Waals surface area contributed by atoms with Crippen molar-refractivity contribution >= 4 is 28.8 Å². The molecular weight excluding hydrogens is 324 g/mol. The van der Waals surface area contributed by atoms with Gasteiger partial charge >= 0.3 is 5.97 Å². The number of halogens is 2. The second-order valence-corrected chi connectivity index (χ2v) is 5.62. The minimum absolute atomic E-state index is 0.0591. The van der Waals surface area contributed by atoms with Crippen LogP contribution >= 0.6 is 11.8 Å². The van der Waals surface area contributed by atoms with Gasteiger partial charge in [0.1, 0.15) is 17.2 Å². The highest BCUT2D eigenvalue weighted by atomic mass is 32.2. The number of oxazole rings is 1. The summed E-state index contributed by atoms with van der Waals surface area (Å²) < 4.78 is 36.9. The number of para-hydroxylation sites is 2. The maximum atomic E-state index is 13.4. The lowest BCUT2D eigenvalue weighted by Crippen LogP contribution is -2.07. The van der Waals surface area contributed by atoms with Crippen LogP contribution in [0.2, 0.25) is 0 Å². The molecule has 0 atom stereocenters. The second kappa shape index (κ2) is 6.78. The second-order valence-electron chi connectivity index (χ2n) is 4.60. The summed E-state index contributed by atoms with van der Waals surface area (Å²) in [5.41, 5.74) is 1.28. The first-order chi connectivity index (χ1) is 11.1. The van der Waals surface area contributed by atoms with E-state index < -0.39 is 17.6 Å². The van der Waals surface area contributed by atoms with Gasteiger partial charge in [0.2, 0.25) is 5.89 Å². The quantitative estimate of drug-likeness (QED) is 0.522. The molecule has 0 aliphatic heterocycles. The van der Waals surface area contributed by atoms with E-state index >= 15 is 0 Å². The molecular formula is C16H11F2NO3S. The van der Waals surface area contributed by atoms with Gasteiger partial charge in [0.25, 0.3) is 0 Å². The zero-order valence-electron chi connectivity index (χ0n) is 11.8. The molecule has 0 spiro atoms. The van der Waals surface area contributed by atoms with Crippen LogP contribution in [0.5, 0.6) is 0 Å². The predicted molar refractivity (Wildman–Crippen MR) is 80.9 cm³/mol. The van der Waals surface area contributed by atoms with Crippen molar-refractivity contribution in [1.82, 2.24) is 4.98 Å². The van der Waals surface area contributed by atoms with Crippen LogP contribution in [-0.2, 0) is 16.1 Å². The molecule has 0 amide bonds. The average molecular weight is 335 g/mol. The van der Waals surface area contributed by atoms with Gasteiger partial charge in [0, 0.05) is 4.90 Å². The Morgan fingerprint density at radius 2 is 2.04 bits per heavy atom. The van der Waals surface area contributed by atoms with Gasteiger partial charge < -0.3 is 9.15 Å². The topological polar surface area (TPSA) is 52.3 Å². The molecule has 0 unspecified atom stereocenters. The molecule has 0 bridgehead atoms. The van der Waals surface area contributed by atoms with Crippen LogP contribution in [0.4, 0.5) is 8.78 Å². The van der Waals surface area contributed by atoms with E-state index in [9.17, 15) is 13.6 Å². The summed E-state index contributed by atoms with van der Waals surface area (Å²) in [7, 11) is 0. The molecule has 2 aromatic carbocycles.